The van der Waals surface area contributed by atoms with Gasteiger partial charge in [-0.3, -0.25) is 4.79 Å². The molecule has 1 heterocycles. The Morgan fingerprint density at radius 1 is 0.931 bits per heavy atom. The highest BCUT2D eigenvalue weighted by Gasteiger charge is 2.26. The molecule has 3 rings (SSSR count). The van der Waals surface area contributed by atoms with Crippen LogP contribution in [-0.2, 0) is 4.74 Å². The van der Waals surface area contributed by atoms with Gasteiger partial charge in [0, 0.05) is 43.1 Å². The molecular weight excluding hydrogens is 370 g/mol. The Morgan fingerprint density at radius 2 is 1.52 bits per heavy atom. The fraction of sp³-hybridized carbons (Fsp3) is 0.364. The topological polar surface area (TPSA) is 82.1 Å². The zero-order valence-corrected chi connectivity index (χ0v) is 17.0. The number of benzene rings is 2. The maximum atomic E-state index is 12.4. The molecule has 0 saturated carbocycles. The van der Waals surface area contributed by atoms with E-state index in [4.69, 9.17) is 4.74 Å². The first-order valence-corrected chi connectivity index (χ1v) is 9.64. The van der Waals surface area contributed by atoms with Crippen molar-refractivity contribution in [2.45, 2.75) is 26.4 Å². The first-order chi connectivity index (χ1) is 13.7. The lowest BCUT2D eigenvalue weighted by atomic mass is 10.1. The summed E-state index contributed by atoms with van der Waals surface area (Å²) in [5.74, 6) is -0.0592. The summed E-state index contributed by atoms with van der Waals surface area (Å²) in [5.41, 5.74) is 1.68. The number of aromatic hydroxyl groups is 1. The van der Waals surface area contributed by atoms with E-state index in [0.29, 0.717) is 37.4 Å². The summed E-state index contributed by atoms with van der Waals surface area (Å²) >= 11 is 0. The van der Waals surface area contributed by atoms with Crippen molar-refractivity contribution in [1.82, 2.24) is 4.90 Å². The van der Waals surface area contributed by atoms with Gasteiger partial charge in [0.1, 0.15) is 11.4 Å². The number of hydrogen-bond acceptors (Lipinski definition) is 5. The number of ether oxygens (including phenoxy) is 1. The average molecular weight is 397 g/mol. The number of carbonyl (C=O) groups excluding carboxylic acids is 2. The Bertz CT molecular complexity index is 849. The third-order valence-electron chi connectivity index (χ3n) is 4.55. The minimum atomic E-state index is -0.495. The molecule has 0 spiro atoms. The number of carbonyl (C=O) groups is 2. The SMILES string of the molecule is CC(C)(C)OC(=O)N1CCN(c2ccc(C(=O)Nc3ccc(O)cc3)cc2)CC1. The van der Waals surface area contributed by atoms with E-state index in [0.717, 1.165) is 5.69 Å². The van der Waals surface area contributed by atoms with Gasteiger partial charge in [0.15, 0.2) is 0 Å². The predicted octanol–water partition coefficient (Wildman–Crippen LogP) is 3.70. The van der Waals surface area contributed by atoms with Crippen molar-refractivity contribution >= 4 is 23.4 Å². The second-order valence-corrected chi connectivity index (χ2v) is 8.00. The van der Waals surface area contributed by atoms with Crippen LogP contribution in [0.4, 0.5) is 16.2 Å². The summed E-state index contributed by atoms with van der Waals surface area (Å²) in [7, 11) is 0. The fourth-order valence-corrected chi connectivity index (χ4v) is 3.05. The number of amides is 2. The van der Waals surface area contributed by atoms with E-state index < -0.39 is 5.60 Å². The molecule has 1 saturated heterocycles. The van der Waals surface area contributed by atoms with E-state index in [1.165, 1.54) is 12.1 Å². The number of anilines is 2. The Kier molecular flexibility index (Phi) is 5.96. The molecule has 0 radical (unpaired) electrons. The number of nitrogens with zero attached hydrogens (tertiary/aromatic N) is 2. The highest BCUT2D eigenvalue weighted by atomic mass is 16.6. The molecular formula is C22H27N3O4. The van der Waals surface area contributed by atoms with Crippen molar-refractivity contribution in [2.24, 2.45) is 0 Å². The Morgan fingerprint density at radius 3 is 2.07 bits per heavy atom. The van der Waals surface area contributed by atoms with Crippen LogP contribution < -0.4 is 10.2 Å². The Hall–Kier alpha value is -3.22. The Balaban J connectivity index is 1.55. The van der Waals surface area contributed by atoms with Crippen LogP contribution in [0.15, 0.2) is 48.5 Å². The standard InChI is InChI=1S/C22H27N3O4/c1-22(2,3)29-21(28)25-14-12-24(13-15-25)18-8-4-16(5-9-18)20(27)23-17-6-10-19(26)11-7-17/h4-11,26H,12-15H2,1-3H3,(H,23,27). The molecule has 1 aliphatic heterocycles. The molecule has 0 aliphatic carbocycles. The summed E-state index contributed by atoms with van der Waals surface area (Å²) in [6, 6.07) is 13.7. The van der Waals surface area contributed by atoms with Gasteiger partial charge in [-0.25, -0.2) is 4.79 Å². The number of nitrogens with one attached hydrogen (secondary N) is 1. The third-order valence-corrected chi connectivity index (χ3v) is 4.55. The molecule has 0 bridgehead atoms. The summed E-state index contributed by atoms with van der Waals surface area (Å²) in [4.78, 5) is 28.5. The monoisotopic (exact) mass is 397 g/mol. The molecule has 2 N–H and O–H groups in total. The normalized spacial score (nSPS) is 14.4. The number of phenols is 1. The zero-order chi connectivity index (χ0) is 21.0. The van der Waals surface area contributed by atoms with E-state index >= 15 is 0 Å². The fourth-order valence-electron chi connectivity index (χ4n) is 3.05. The van der Waals surface area contributed by atoms with Crippen LogP contribution in [0.25, 0.3) is 0 Å². The van der Waals surface area contributed by atoms with Crippen molar-refractivity contribution in [1.29, 1.82) is 0 Å². The van der Waals surface area contributed by atoms with Crippen molar-refractivity contribution in [3.63, 3.8) is 0 Å². The lowest BCUT2D eigenvalue weighted by Gasteiger charge is -2.36. The van der Waals surface area contributed by atoms with Gasteiger partial charge in [0.2, 0.25) is 0 Å². The quantitative estimate of drug-likeness (QED) is 0.772. The van der Waals surface area contributed by atoms with E-state index in [1.54, 1.807) is 29.2 Å². The van der Waals surface area contributed by atoms with Crippen LogP contribution in [0.5, 0.6) is 5.75 Å². The van der Waals surface area contributed by atoms with Gasteiger partial charge in [-0.05, 0) is 69.3 Å². The van der Waals surface area contributed by atoms with E-state index in [9.17, 15) is 14.7 Å². The molecule has 1 fully saturated rings. The largest absolute Gasteiger partial charge is 0.508 e. The molecule has 0 aromatic heterocycles. The molecule has 2 aromatic rings. The maximum absolute atomic E-state index is 12.4. The molecule has 154 valence electrons. The van der Waals surface area contributed by atoms with Crippen molar-refractivity contribution in [3.8, 4) is 5.75 Å². The van der Waals surface area contributed by atoms with Crippen molar-refractivity contribution in [2.75, 3.05) is 36.4 Å². The second-order valence-electron chi connectivity index (χ2n) is 8.00. The van der Waals surface area contributed by atoms with Crippen LogP contribution in [0.1, 0.15) is 31.1 Å². The van der Waals surface area contributed by atoms with Gasteiger partial charge in [-0.15, -0.1) is 0 Å². The molecule has 29 heavy (non-hydrogen) atoms. The van der Waals surface area contributed by atoms with E-state index in [2.05, 4.69) is 10.2 Å². The predicted molar refractivity (Wildman–Crippen MR) is 113 cm³/mol. The van der Waals surface area contributed by atoms with Crippen LogP contribution in [-0.4, -0.2) is 53.8 Å². The minimum Gasteiger partial charge on any atom is -0.508 e. The summed E-state index contributed by atoms with van der Waals surface area (Å²) in [6.45, 7) is 8.19. The third kappa shape index (κ3) is 5.63. The van der Waals surface area contributed by atoms with Gasteiger partial charge in [0.05, 0.1) is 0 Å². The molecule has 2 aromatic carbocycles. The number of rotatable bonds is 3. The van der Waals surface area contributed by atoms with Gasteiger partial charge in [-0.1, -0.05) is 0 Å². The first-order valence-electron chi connectivity index (χ1n) is 9.64. The van der Waals surface area contributed by atoms with Gasteiger partial charge >= 0.3 is 6.09 Å². The van der Waals surface area contributed by atoms with Gasteiger partial charge < -0.3 is 25.0 Å². The van der Waals surface area contributed by atoms with Crippen LogP contribution in [0, 0.1) is 0 Å². The van der Waals surface area contributed by atoms with Crippen LogP contribution >= 0.6 is 0 Å². The molecule has 0 unspecified atom stereocenters. The Labute approximate surface area is 170 Å². The maximum Gasteiger partial charge on any atom is 0.410 e. The van der Waals surface area contributed by atoms with Crippen LogP contribution in [0.3, 0.4) is 0 Å². The number of phenolic OH excluding ortho intramolecular Hbond substituents is 1. The second kappa shape index (κ2) is 8.43. The lowest BCUT2D eigenvalue weighted by molar-refractivity contribution is 0.0240. The van der Waals surface area contributed by atoms with Gasteiger partial charge in [-0.2, -0.15) is 0 Å². The van der Waals surface area contributed by atoms with Crippen molar-refractivity contribution in [3.05, 3.63) is 54.1 Å². The molecule has 0 atom stereocenters. The average Bonchev–Trinajstić information content (AvgIpc) is 2.69. The molecule has 1 aliphatic rings. The first kappa shape index (κ1) is 20.5. The van der Waals surface area contributed by atoms with E-state index in [-0.39, 0.29) is 17.7 Å². The summed E-state index contributed by atoms with van der Waals surface area (Å²) in [6.07, 6.45) is -0.279. The minimum absolute atomic E-state index is 0.152. The van der Waals surface area contributed by atoms with Crippen LogP contribution in [0.2, 0.25) is 0 Å². The number of piperazine rings is 1. The molecule has 2 amide bonds. The lowest BCUT2D eigenvalue weighted by Crippen LogP contribution is -2.50. The molecule has 7 heteroatoms. The highest BCUT2D eigenvalue weighted by molar-refractivity contribution is 6.04. The molecule has 7 nitrogen and oxygen atoms in total. The number of hydrogen-bond donors (Lipinski definition) is 2. The highest BCUT2D eigenvalue weighted by Crippen LogP contribution is 2.20. The zero-order valence-electron chi connectivity index (χ0n) is 17.0. The van der Waals surface area contributed by atoms with E-state index in [1.807, 2.05) is 32.9 Å². The summed E-state index contributed by atoms with van der Waals surface area (Å²) < 4.78 is 5.43. The summed E-state index contributed by atoms with van der Waals surface area (Å²) in [5, 5.41) is 12.1. The smallest absolute Gasteiger partial charge is 0.410 e. The van der Waals surface area contributed by atoms with Crippen molar-refractivity contribution < 1.29 is 19.4 Å². The van der Waals surface area contributed by atoms with Gasteiger partial charge in [0.25, 0.3) is 5.91 Å².